The number of sulfonamides is 1. The molecule has 0 radical (unpaired) electrons. The Hall–Kier alpha value is -2.22. The highest BCUT2D eigenvalue weighted by molar-refractivity contribution is 7.90. The van der Waals surface area contributed by atoms with Crippen molar-refractivity contribution in [3.63, 3.8) is 0 Å². The quantitative estimate of drug-likeness (QED) is 0.796. The first-order chi connectivity index (χ1) is 12.5. The molecule has 8 heteroatoms. The zero-order valence-electron chi connectivity index (χ0n) is 16.1. The second-order valence-corrected chi connectivity index (χ2v) is 9.09. The minimum Gasteiger partial charge on any atom is -0.312 e. The smallest absolute Gasteiger partial charge is 0.264 e. The van der Waals surface area contributed by atoms with Gasteiger partial charge in [0.2, 0.25) is 11.8 Å². The maximum atomic E-state index is 12.4. The van der Waals surface area contributed by atoms with E-state index in [1.807, 2.05) is 18.6 Å². The molecule has 0 aromatic heterocycles. The van der Waals surface area contributed by atoms with Gasteiger partial charge in [0.25, 0.3) is 10.0 Å². The molecule has 1 aromatic carbocycles. The summed E-state index contributed by atoms with van der Waals surface area (Å²) in [5, 5.41) is 0. The molecule has 148 valence electrons. The molecule has 7 nitrogen and oxygen atoms in total. The highest BCUT2D eigenvalue weighted by Crippen LogP contribution is 2.27. The molecule has 0 saturated carbocycles. The summed E-state index contributed by atoms with van der Waals surface area (Å²) in [4.78, 5) is 37.7. The topological polar surface area (TPSA) is 101 Å². The number of nitrogens with one attached hydrogen (secondary N) is 1. The first-order valence-electron chi connectivity index (χ1n) is 9.03. The van der Waals surface area contributed by atoms with E-state index >= 15 is 0 Å². The molecule has 0 aliphatic carbocycles. The van der Waals surface area contributed by atoms with Crippen LogP contribution in [-0.2, 0) is 24.4 Å². The fraction of sp³-hybridized carbons (Fsp3) is 0.526. The Labute approximate surface area is 160 Å². The van der Waals surface area contributed by atoms with E-state index in [-0.39, 0.29) is 34.8 Å². The molecule has 1 unspecified atom stereocenters. The largest absolute Gasteiger partial charge is 0.312 e. The molecule has 2 rings (SSSR count). The van der Waals surface area contributed by atoms with Crippen molar-refractivity contribution in [2.75, 3.05) is 11.4 Å². The highest BCUT2D eigenvalue weighted by atomic mass is 32.2. The number of anilines is 1. The van der Waals surface area contributed by atoms with Crippen LogP contribution in [0.3, 0.4) is 0 Å². The van der Waals surface area contributed by atoms with E-state index in [4.69, 9.17) is 0 Å². The van der Waals surface area contributed by atoms with Crippen molar-refractivity contribution in [2.24, 2.45) is 17.8 Å². The number of hydrogen-bond donors (Lipinski definition) is 1. The van der Waals surface area contributed by atoms with Gasteiger partial charge < -0.3 is 4.90 Å². The van der Waals surface area contributed by atoms with Crippen molar-refractivity contribution in [1.82, 2.24) is 4.72 Å². The van der Waals surface area contributed by atoms with Crippen LogP contribution in [0.4, 0.5) is 5.69 Å². The van der Waals surface area contributed by atoms with Gasteiger partial charge in [-0.25, -0.2) is 13.1 Å². The second-order valence-electron chi connectivity index (χ2n) is 7.41. The van der Waals surface area contributed by atoms with Gasteiger partial charge in [-0.3, -0.25) is 14.4 Å². The third-order valence-electron chi connectivity index (χ3n) is 4.61. The molecule has 1 heterocycles. The van der Waals surface area contributed by atoms with Crippen LogP contribution in [0.5, 0.6) is 0 Å². The maximum absolute atomic E-state index is 12.4. The molecule has 27 heavy (non-hydrogen) atoms. The minimum absolute atomic E-state index is 0.0439. The number of rotatable bonds is 6. The van der Waals surface area contributed by atoms with E-state index in [1.165, 1.54) is 24.3 Å². The van der Waals surface area contributed by atoms with E-state index in [0.717, 1.165) is 0 Å². The number of carbonyl (C=O) groups excluding carboxylic acids is 3. The van der Waals surface area contributed by atoms with Crippen molar-refractivity contribution >= 4 is 33.3 Å². The van der Waals surface area contributed by atoms with Crippen LogP contribution >= 0.6 is 0 Å². The van der Waals surface area contributed by atoms with Crippen molar-refractivity contribution in [2.45, 2.75) is 45.4 Å². The third kappa shape index (κ3) is 4.94. The summed E-state index contributed by atoms with van der Waals surface area (Å²) in [7, 11) is -3.94. The normalized spacial score (nSPS) is 18.1. The first kappa shape index (κ1) is 21.1. The summed E-state index contributed by atoms with van der Waals surface area (Å²) in [5.41, 5.74) is 0.574. The standard InChI is InChI=1S/C19H26N2O5S/c1-12(2)18(23)14-9-10-21(17(22)11-14)15-5-7-16(8-6-15)27(25,26)20-19(24)13(3)4/h5-8,12-14H,9-11H2,1-4H3,(H,20,24). The lowest BCUT2D eigenvalue weighted by Gasteiger charge is -2.31. The Bertz CT molecular complexity index is 828. The van der Waals surface area contributed by atoms with Crippen molar-refractivity contribution in [1.29, 1.82) is 0 Å². The van der Waals surface area contributed by atoms with E-state index in [0.29, 0.717) is 18.7 Å². The van der Waals surface area contributed by atoms with Crippen LogP contribution in [0, 0.1) is 17.8 Å². The molecule has 1 N–H and O–H groups in total. The molecule has 1 aliphatic rings. The van der Waals surface area contributed by atoms with E-state index in [1.54, 1.807) is 18.7 Å². The van der Waals surface area contributed by atoms with Gasteiger partial charge in [0.15, 0.2) is 0 Å². The molecule has 1 saturated heterocycles. The number of ketones is 1. The number of hydrogen-bond acceptors (Lipinski definition) is 5. The number of benzene rings is 1. The zero-order valence-corrected chi connectivity index (χ0v) is 16.9. The van der Waals surface area contributed by atoms with Crippen LogP contribution in [0.2, 0.25) is 0 Å². The summed E-state index contributed by atoms with van der Waals surface area (Å²) < 4.78 is 26.5. The number of amides is 2. The van der Waals surface area contributed by atoms with Crippen molar-refractivity contribution in [3.8, 4) is 0 Å². The zero-order chi connectivity index (χ0) is 20.4. The van der Waals surface area contributed by atoms with Gasteiger partial charge in [-0.2, -0.15) is 0 Å². The summed E-state index contributed by atoms with van der Waals surface area (Å²) in [6, 6.07) is 5.81. The molecule has 1 fully saturated rings. The second kappa shape index (κ2) is 8.21. The predicted octanol–water partition coefficient (Wildman–Crippen LogP) is 2.12. The van der Waals surface area contributed by atoms with Gasteiger partial charge in [-0.15, -0.1) is 0 Å². The molecule has 0 spiro atoms. The Morgan fingerprint density at radius 2 is 1.67 bits per heavy atom. The fourth-order valence-corrected chi connectivity index (χ4v) is 4.05. The van der Waals surface area contributed by atoms with E-state index < -0.39 is 21.8 Å². The maximum Gasteiger partial charge on any atom is 0.264 e. The van der Waals surface area contributed by atoms with E-state index in [9.17, 15) is 22.8 Å². The minimum atomic E-state index is -3.94. The molecule has 0 bridgehead atoms. The summed E-state index contributed by atoms with van der Waals surface area (Å²) in [5.74, 6) is -1.42. The van der Waals surface area contributed by atoms with Crippen molar-refractivity contribution in [3.05, 3.63) is 24.3 Å². The predicted molar refractivity (Wildman–Crippen MR) is 102 cm³/mol. The molecule has 1 atom stereocenters. The van der Waals surface area contributed by atoms with E-state index in [2.05, 4.69) is 0 Å². The van der Waals surface area contributed by atoms with Gasteiger partial charge >= 0.3 is 0 Å². The molecular formula is C19H26N2O5S. The van der Waals surface area contributed by atoms with Gasteiger partial charge in [0.1, 0.15) is 5.78 Å². The Kier molecular flexibility index (Phi) is 6.41. The Balaban J connectivity index is 2.11. The van der Waals surface area contributed by atoms with Crippen LogP contribution < -0.4 is 9.62 Å². The summed E-state index contributed by atoms with van der Waals surface area (Å²) >= 11 is 0. The Morgan fingerprint density at radius 1 is 1.07 bits per heavy atom. The van der Waals surface area contributed by atoms with Crippen LogP contribution in [-0.4, -0.2) is 32.6 Å². The fourth-order valence-electron chi connectivity index (χ4n) is 2.93. The number of nitrogens with zero attached hydrogens (tertiary/aromatic N) is 1. The SMILES string of the molecule is CC(C)C(=O)NS(=O)(=O)c1ccc(N2CCC(C(=O)C(C)C)CC2=O)cc1. The number of carbonyl (C=O) groups is 3. The van der Waals surface area contributed by atoms with Crippen molar-refractivity contribution < 1.29 is 22.8 Å². The monoisotopic (exact) mass is 394 g/mol. The lowest BCUT2D eigenvalue weighted by Crippen LogP contribution is -2.41. The summed E-state index contributed by atoms with van der Waals surface area (Å²) in [6.45, 7) is 7.28. The van der Waals surface area contributed by atoms with Gasteiger partial charge in [0.05, 0.1) is 4.90 Å². The number of piperidine rings is 1. The average molecular weight is 394 g/mol. The molecular weight excluding hydrogens is 368 g/mol. The molecule has 2 amide bonds. The lowest BCUT2D eigenvalue weighted by atomic mass is 9.86. The summed E-state index contributed by atoms with van der Waals surface area (Å²) in [6.07, 6.45) is 0.759. The van der Waals surface area contributed by atoms with Gasteiger partial charge in [-0.1, -0.05) is 27.7 Å². The van der Waals surface area contributed by atoms with Gasteiger partial charge in [-0.05, 0) is 30.7 Å². The van der Waals surface area contributed by atoms with Crippen LogP contribution in [0.25, 0.3) is 0 Å². The first-order valence-corrected chi connectivity index (χ1v) is 10.5. The van der Waals surface area contributed by atoms with Crippen LogP contribution in [0.15, 0.2) is 29.2 Å². The van der Waals surface area contributed by atoms with Gasteiger partial charge in [0, 0.05) is 36.4 Å². The third-order valence-corrected chi connectivity index (χ3v) is 5.98. The highest BCUT2D eigenvalue weighted by Gasteiger charge is 2.32. The number of Topliss-reactive ketones (excluding diaryl/α,β-unsaturated/α-hetero) is 1. The molecule has 1 aromatic rings. The molecule has 1 aliphatic heterocycles. The lowest BCUT2D eigenvalue weighted by molar-refractivity contribution is -0.131. The Morgan fingerprint density at radius 3 is 2.15 bits per heavy atom. The van der Waals surface area contributed by atoms with Crippen LogP contribution in [0.1, 0.15) is 40.5 Å². The average Bonchev–Trinajstić information content (AvgIpc) is 2.60.